The van der Waals surface area contributed by atoms with Crippen LogP contribution in [0.4, 0.5) is 0 Å². The van der Waals surface area contributed by atoms with E-state index in [2.05, 4.69) is 38.1 Å². The summed E-state index contributed by atoms with van der Waals surface area (Å²) in [7, 11) is 0. The molecule has 1 heteroatoms. The van der Waals surface area contributed by atoms with Gasteiger partial charge in [0, 0.05) is 6.04 Å². The molecule has 0 saturated heterocycles. The van der Waals surface area contributed by atoms with E-state index in [0.717, 1.165) is 23.7 Å². The highest BCUT2D eigenvalue weighted by Gasteiger charge is 2.39. The first-order valence-corrected chi connectivity index (χ1v) is 8.46. The van der Waals surface area contributed by atoms with E-state index in [0.29, 0.717) is 0 Å². The predicted octanol–water partition coefficient (Wildman–Crippen LogP) is 4.71. The molecule has 1 nitrogen and oxygen atoms in total. The van der Waals surface area contributed by atoms with Gasteiger partial charge in [-0.05, 0) is 66.9 Å². The first-order chi connectivity index (χ1) is 9.61. The zero-order chi connectivity index (χ0) is 14.1. The molecule has 4 atom stereocenters. The molecule has 0 amide bonds. The average Bonchev–Trinajstić information content (AvgIpc) is 3.01. The molecule has 0 aromatic heterocycles. The Labute approximate surface area is 124 Å². The van der Waals surface area contributed by atoms with Gasteiger partial charge in [0.25, 0.3) is 0 Å². The molecule has 3 rings (SSSR count). The molecule has 2 saturated carbocycles. The lowest BCUT2D eigenvalue weighted by Crippen LogP contribution is -2.19. The molecule has 2 aliphatic carbocycles. The second kappa shape index (κ2) is 5.89. The van der Waals surface area contributed by atoms with E-state index in [9.17, 15) is 0 Å². The van der Waals surface area contributed by atoms with Crippen LogP contribution in [0.3, 0.4) is 0 Å². The molecule has 2 N–H and O–H groups in total. The molecule has 1 aromatic carbocycles. The van der Waals surface area contributed by atoms with Crippen LogP contribution in [0.2, 0.25) is 0 Å². The van der Waals surface area contributed by atoms with Crippen molar-refractivity contribution in [2.24, 2.45) is 29.4 Å². The summed E-state index contributed by atoms with van der Waals surface area (Å²) in [5.74, 6) is 3.65. The number of nitrogens with two attached hydrogens (primary N) is 1. The Hall–Kier alpha value is -0.820. The van der Waals surface area contributed by atoms with Gasteiger partial charge >= 0.3 is 0 Å². The molecular formula is C19H29N. The summed E-state index contributed by atoms with van der Waals surface area (Å²) in [6.07, 6.45) is 8.26. The quantitative estimate of drug-likeness (QED) is 0.824. The molecule has 0 aliphatic heterocycles. The molecule has 0 spiro atoms. The van der Waals surface area contributed by atoms with E-state index in [1.165, 1.54) is 49.7 Å². The van der Waals surface area contributed by atoms with Crippen LogP contribution >= 0.6 is 0 Å². The third-order valence-corrected chi connectivity index (χ3v) is 5.49. The summed E-state index contributed by atoms with van der Waals surface area (Å²) in [5, 5.41) is 0. The molecule has 1 aromatic rings. The average molecular weight is 271 g/mol. The highest BCUT2D eigenvalue weighted by molar-refractivity contribution is 5.25. The van der Waals surface area contributed by atoms with Gasteiger partial charge in [-0.2, -0.15) is 0 Å². The molecule has 4 unspecified atom stereocenters. The minimum Gasteiger partial charge on any atom is -0.324 e. The highest BCUT2D eigenvalue weighted by atomic mass is 14.6. The zero-order valence-electron chi connectivity index (χ0n) is 13.0. The summed E-state index contributed by atoms with van der Waals surface area (Å²) >= 11 is 0. The van der Waals surface area contributed by atoms with Crippen LogP contribution < -0.4 is 5.73 Å². The summed E-state index contributed by atoms with van der Waals surface area (Å²) in [6.45, 7) is 4.55. The zero-order valence-corrected chi connectivity index (χ0v) is 13.0. The molecular weight excluding hydrogens is 242 g/mol. The molecule has 0 heterocycles. The van der Waals surface area contributed by atoms with E-state index >= 15 is 0 Å². The van der Waals surface area contributed by atoms with Gasteiger partial charge in [-0.1, -0.05) is 44.5 Å². The lowest BCUT2D eigenvalue weighted by Gasteiger charge is -2.25. The Morgan fingerprint density at radius 2 is 1.85 bits per heavy atom. The van der Waals surface area contributed by atoms with Crippen molar-refractivity contribution < 1.29 is 0 Å². The second-order valence-corrected chi connectivity index (χ2v) is 7.62. The first-order valence-electron chi connectivity index (χ1n) is 8.46. The topological polar surface area (TPSA) is 26.0 Å². The van der Waals surface area contributed by atoms with Gasteiger partial charge < -0.3 is 5.73 Å². The van der Waals surface area contributed by atoms with Crippen LogP contribution in [0.1, 0.15) is 63.1 Å². The van der Waals surface area contributed by atoms with Crippen molar-refractivity contribution >= 4 is 0 Å². The first kappa shape index (κ1) is 14.1. The Morgan fingerprint density at radius 3 is 2.40 bits per heavy atom. The van der Waals surface area contributed by atoms with Crippen molar-refractivity contribution in [3.05, 3.63) is 35.4 Å². The van der Waals surface area contributed by atoms with Gasteiger partial charge in [0.15, 0.2) is 0 Å². The van der Waals surface area contributed by atoms with E-state index in [1.54, 1.807) is 0 Å². The predicted molar refractivity (Wildman–Crippen MR) is 85.5 cm³/mol. The lowest BCUT2D eigenvalue weighted by atomic mass is 9.83. The van der Waals surface area contributed by atoms with E-state index in [4.69, 9.17) is 5.73 Å². The maximum absolute atomic E-state index is 6.46. The maximum Gasteiger partial charge on any atom is 0.0297 e. The molecule has 110 valence electrons. The second-order valence-electron chi connectivity index (χ2n) is 7.62. The van der Waals surface area contributed by atoms with Crippen molar-refractivity contribution in [3.8, 4) is 0 Å². The van der Waals surface area contributed by atoms with Crippen LogP contribution in [0.15, 0.2) is 24.3 Å². The summed E-state index contributed by atoms with van der Waals surface area (Å²) in [4.78, 5) is 0. The minimum atomic E-state index is 0.243. The van der Waals surface area contributed by atoms with Crippen LogP contribution in [-0.2, 0) is 6.42 Å². The highest BCUT2D eigenvalue weighted by Crippen LogP contribution is 2.50. The number of fused-ring (bicyclic) bond motifs is 2. The van der Waals surface area contributed by atoms with E-state index < -0.39 is 0 Å². The van der Waals surface area contributed by atoms with Crippen LogP contribution in [0.25, 0.3) is 0 Å². The van der Waals surface area contributed by atoms with E-state index in [1.807, 2.05) is 0 Å². The fourth-order valence-corrected chi connectivity index (χ4v) is 4.50. The van der Waals surface area contributed by atoms with Crippen molar-refractivity contribution in [1.82, 2.24) is 0 Å². The van der Waals surface area contributed by atoms with Gasteiger partial charge in [-0.25, -0.2) is 0 Å². The van der Waals surface area contributed by atoms with Gasteiger partial charge in [0.05, 0.1) is 0 Å². The summed E-state index contributed by atoms with van der Waals surface area (Å²) in [5.41, 5.74) is 9.23. The third-order valence-electron chi connectivity index (χ3n) is 5.49. The molecule has 20 heavy (non-hydrogen) atoms. The number of rotatable bonds is 5. The minimum absolute atomic E-state index is 0.243. The maximum atomic E-state index is 6.46. The SMILES string of the molecule is CC(C)Cc1ccc(C(N)CC2CC3CCC2C3)cc1. The summed E-state index contributed by atoms with van der Waals surface area (Å²) < 4.78 is 0. The normalized spacial score (nSPS) is 30.1. The molecule has 2 aliphatic rings. The standard InChI is InChI=1S/C19H29N/c1-13(2)9-14-3-6-16(7-4-14)19(20)12-18-11-15-5-8-17(18)10-15/h3-4,6-7,13,15,17-19H,5,8-12,20H2,1-2H3. The molecule has 2 fully saturated rings. The Bertz CT molecular complexity index is 434. The van der Waals surface area contributed by atoms with Crippen LogP contribution in [0, 0.1) is 23.7 Å². The van der Waals surface area contributed by atoms with Crippen molar-refractivity contribution in [2.45, 2.75) is 58.4 Å². The van der Waals surface area contributed by atoms with Gasteiger partial charge in [0.2, 0.25) is 0 Å². The van der Waals surface area contributed by atoms with Crippen molar-refractivity contribution in [2.75, 3.05) is 0 Å². The Balaban J connectivity index is 1.58. The van der Waals surface area contributed by atoms with Crippen molar-refractivity contribution in [3.63, 3.8) is 0 Å². The fraction of sp³-hybridized carbons (Fsp3) is 0.684. The van der Waals surface area contributed by atoms with Crippen LogP contribution in [-0.4, -0.2) is 0 Å². The number of benzene rings is 1. The number of hydrogen-bond acceptors (Lipinski definition) is 1. The Morgan fingerprint density at radius 1 is 1.10 bits per heavy atom. The van der Waals surface area contributed by atoms with Gasteiger partial charge in [0.1, 0.15) is 0 Å². The van der Waals surface area contributed by atoms with Gasteiger partial charge in [-0.15, -0.1) is 0 Å². The third kappa shape index (κ3) is 3.09. The monoisotopic (exact) mass is 271 g/mol. The largest absolute Gasteiger partial charge is 0.324 e. The molecule has 2 bridgehead atoms. The number of hydrogen-bond donors (Lipinski definition) is 1. The van der Waals surface area contributed by atoms with Gasteiger partial charge in [-0.3, -0.25) is 0 Å². The van der Waals surface area contributed by atoms with Crippen molar-refractivity contribution in [1.29, 1.82) is 0 Å². The lowest BCUT2D eigenvalue weighted by molar-refractivity contribution is 0.296. The van der Waals surface area contributed by atoms with Crippen LogP contribution in [0.5, 0.6) is 0 Å². The molecule has 0 radical (unpaired) electrons. The Kier molecular flexibility index (Phi) is 4.16. The summed E-state index contributed by atoms with van der Waals surface area (Å²) in [6, 6.07) is 9.31. The fourth-order valence-electron chi connectivity index (χ4n) is 4.50. The smallest absolute Gasteiger partial charge is 0.0297 e. The van der Waals surface area contributed by atoms with E-state index in [-0.39, 0.29) is 6.04 Å².